The van der Waals surface area contributed by atoms with Crippen LogP contribution in [0.2, 0.25) is 0 Å². The zero-order valence-corrected chi connectivity index (χ0v) is 10.5. The lowest BCUT2D eigenvalue weighted by Crippen LogP contribution is -2.39. The van der Waals surface area contributed by atoms with E-state index in [9.17, 15) is 0 Å². The third-order valence-corrected chi connectivity index (χ3v) is 4.77. The van der Waals surface area contributed by atoms with Crippen LogP contribution in [0.1, 0.15) is 65.2 Å². The molecule has 1 unspecified atom stereocenters. The van der Waals surface area contributed by atoms with Crippen LogP contribution in [0.3, 0.4) is 0 Å². The van der Waals surface area contributed by atoms with Crippen LogP contribution in [0.25, 0.3) is 0 Å². The van der Waals surface area contributed by atoms with E-state index in [-0.39, 0.29) is 0 Å². The van der Waals surface area contributed by atoms with Gasteiger partial charge >= 0.3 is 0 Å². The van der Waals surface area contributed by atoms with Crippen LogP contribution in [-0.2, 0) is 0 Å². The minimum Gasteiger partial charge on any atom is -0.313 e. The monoisotopic (exact) mass is 209 g/mol. The van der Waals surface area contributed by atoms with Crippen molar-refractivity contribution in [2.24, 2.45) is 11.3 Å². The first-order chi connectivity index (χ1) is 7.24. The van der Waals surface area contributed by atoms with Crippen LogP contribution in [-0.4, -0.2) is 12.6 Å². The molecular weight excluding hydrogens is 182 g/mol. The van der Waals surface area contributed by atoms with E-state index >= 15 is 0 Å². The van der Waals surface area contributed by atoms with Gasteiger partial charge in [0.2, 0.25) is 0 Å². The maximum absolute atomic E-state index is 3.75. The van der Waals surface area contributed by atoms with Crippen molar-refractivity contribution in [3.05, 3.63) is 0 Å². The topological polar surface area (TPSA) is 12.0 Å². The second kappa shape index (κ2) is 4.86. The highest BCUT2D eigenvalue weighted by atomic mass is 15.0. The Hall–Kier alpha value is -0.0400. The zero-order chi connectivity index (χ0) is 10.7. The molecule has 2 aliphatic carbocycles. The van der Waals surface area contributed by atoms with Crippen molar-refractivity contribution >= 4 is 0 Å². The molecule has 0 saturated heterocycles. The fourth-order valence-corrected chi connectivity index (χ4v) is 3.02. The Kier molecular flexibility index (Phi) is 3.71. The number of hydrogen-bond acceptors (Lipinski definition) is 1. The Balaban J connectivity index is 1.85. The second-order valence-electron chi connectivity index (χ2n) is 6.00. The molecule has 0 aromatic carbocycles. The minimum absolute atomic E-state index is 0.572. The average Bonchev–Trinajstić information content (AvgIpc) is 3.11. The van der Waals surface area contributed by atoms with E-state index in [2.05, 4.69) is 19.2 Å². The van der Waals surface area contributed by atoms with Crippen molar-refractivity contribution in [3.8, 4) is 0 Å². The fourth-order valence-electron chi connectivity index (χ4n) is 3.02. The SMILES string of the molecule is CCC(C)(CNC1CC1)C1CCCCC1. The van der Waals surface area contributed by atoms with Crippen LogP contribution in [0.4, 0.5) is 0 Å². The molecule has 0 aliphatic heterocycles. The summed E-state index contributed by atoms with van der Waals surface area (Å²) in [5.41, 5.74) is 0.572. The highest BCUT2D eigenvalue weighted by molar-refractivity contribution is 4.89. The molecule has 2 aliphatic rings. The van der Waals surface area contributed by atoms with Gasteiger partial charge in [0.05, 0.1) is 0 Å². The van der Waals surface area contributed by atoms with E-state index in [1.54, 1.807) is 0 Å². The summed E-state index contributed by atoms with van der Waals surface area (Å²) in [5.74, 6) is 0.988. The lowest BCUT2D eigenvalue weighted by atomic mass is 9.68. The van der Waals surface area contributed by atoms with Crippen molar-refractivity contribution in [2.75, 3.05) is 6.54 Å². The summed E-state index contributed by atoms with van der Waals surface area (Å²) in [6.07, 6.45) is 11.6. The van der Waals surface area contributed by atoms with Gasteiger partial charge in [-0.25, -0.2) is 0 Å². The quantitative estimate of drug-likeness (QED) is 0.727. The zero-order valence-electron chi connectivity index (χ0n) is 10.5. The molecule has 1 atom stereocenters. The predicted octanol–water partition coefficient (Wildman–Crippen LogP) is 3.74. The lowest BCUT2D eigenvalue weighted by molar-refractivity contribution is 0.127. The molecule has 2 saturated carbocycles. The van der Waals surface area contributed by atoms with E-state index in [4.69, 9.17) is 0 Å². The van der Waals surface area contributed by atoms with Crippen molar-refractivity contribution in [3.63, 3.8) is 0 Å². The van der Waals surface area contributed by atoms with Crippen LogP contribution >= 0.6 is 0 Å². The summed E-state index contributed by atoms with van der Waals surface area (Å²) >= 11 is 0. The van der Waals surface area contributed by atoms with Gasteiger partial charge < -0.3 is 5.32 Å². The van der Waals surface area contributed by atoms with Gasteiger partial charge in [-0.2, -0.15) is 0 Å². The van der Waals surface area contributed by atoms with Crippen molar-refractivity contribution in [1.29, 1.82) is 0 Å². The third kappa shape index (κ3) is 2.96. The molecule has 0 bridgehead atoms. The summed E-state index contributed by atoms with van der Waals surface area (Å²) in [6.45, 7) is 6.15. The molecular formula is C14H27N. The summed E-state index contributed by atoms with van der Waals surface area (Å²) < 4.78 is 0. The van der Waals surface area contributed by atoms with E-state index in [0.29, 0.717) is 5.41 Å². The minimum atomic E-state index is 0.572. The molecule has 15 heavy (non-hydrogen) atoms. The van der Waals surface area contributed by atoms with Crippen LogP contribution in [0.5, 0.6) is 0 Å². The number of rotatable bonds is 5. The van der Waals surface area contributed by atoms with E-state index in [0.717, 1.165) is 12.0 Å². The first-order valence-electron chi connectivity index (χ1n) is 6.98. The molecule has 1 N–H and O–H groups in total. The van der Waals surface area contributed by atoms with Crippen LogP contribution in [0.15, 0.2) is 0 Å². The highest BCUT2D eigenvalue weighted by Crippen LogP contribution is 2.40. The van der Waals surface area contributed by atoms with E-state index in [1.165, 1.54) is 57.9 Å². The molecule has 0 radical (unpaired) electrons. The highest BCUT2D eigenvalue weighted by Gasteiger charge is 2.34. The predicted molar refractivity (Wildman–Crippen MR) is 66.0 cm³/mol. The van der Waals surface area contributed by atoms with Crippen LogP contribution in [0, 0.1) is 11.3 Å². The van der Waals surface area contributed by atoms with Gasteiger partial charge in [0, 0.05) is 12.6 Å². The van der Waals surface area contributed by atoms with Gasteiger partial charge in [-0.3, -0.25) is 0 Å². The first kappa shape index (κ1) is 11.4. The van der Waals surface area contributed by atoms with Gasteiger partial charge in [0.25, 0.3) is 0 Å². The smallest absolute Gasteiger partial charge is 0.00684 e. The maximum atomic E-state index is 3.75. The molecule has 0 heterocycles. The molecule has 1 heteroatoms. The fraction of sp³-hybridized carbons (Fsp3) is 1.00. The van der Waals surface area contributed by atoms with Gasteiger partial charge in [0.1, 0.15) is 0 Å². The van der Waals surface area contributed by atoms with Gasteiger partial charge in [-0.05, 0) is 43.4 Å². The van der Waals surface area contributed by atoms with Gasteiger partial charge in [-0.15, -0.1) is 0 Å². The molecule has 2 rings (SSSR count). The van der Waals surface area contributed by atoms with Gasteiger partial charge in [0.15, 0.2) is 0 Å². The van der Waals surface area contributed by atoms with Gasteiger partial charge in [-0.1, -0.05) is 33.1 Å². The number of nitrogens with one attached hydrogen (secondary N) is 1. The first-order valence-corrected chi connectivity index (χ1v) is 6.98. The van der Waals surface area contributed by atoms with Crippen molar-refractivity contribution in [1.82, 2.24) is 5.32 Å². The van der Waals surface area contributed by atoms with Crippen molar-refractivity contribution in [2.45, 2.75) is 71.3 Å². The van der Waals surface area contributed by atoms with E-state index in [1.807, 2.05) is 0 Å². The van der Waals surface area contributed by atoms with E-state index < -0.39 is 0 Å². The Morgan fingerprint density at radius 2 is 1.73 bits per heavy atom. The normalized spacial score (nSPS) is 27.6. The molecule has 0 spiro atoms. The maximum Gasteiger partial charge on any atom is 0.00684 e. The number of hydrogen-bond donors (Lipinski definition) is 1. The Labute approximate surface area is 95.0 Å². The average molecular weight is 209 g/mol. The van der Waals surface area contributed by atoms with Crippen LogP contribution < -0.4 is 5.32 Å². The summed E-state index contributed by atoms with van der Waals surface area (Å²) in [6, 6.07) is 0.875. The molecule has 0 aromatic rings. The largest absolute Gasteiger partial charge is 0.313 e. The molecule has 2 fully saturated rings. The Morgan fingerprint density at radius 1 is 1.07 bits per heavy atom. The Bertz CT molecular complexity index is 192. The second-order valence-corrected chi connectivity index (χ2v) is 6.00. The molecule has 0 amide bonds. The van der Waals surface area contributed by atoms with Crippen molar-refractivity contribution < 1.29 is 0 Å². The summed E-state index contributed by atoms with van der Waals surface area (Å²) in [4.78, 5) is 0. The lowest BCUT2D eigenvalue weighted by Gasteiger charge is -2.39. The molecule has 1 nitrogen and oxygen atoms in total. The standard InChI is InChI=1S/C14H27N/c1-3-14(2,11-15-13-9-10-13)12-7-5-4-6-8-12/h12-13,15H,3-11H2,1-2H3. The third-order valence-electron chi connectivity index (χ3n) is 4.77. The molecule has 88 valence electrons. The Morgan fingerprint density at radius 3 is 2.27 bits per heavy atom. The summed E-state index contributed by atoms with van der Waals surface area (Å²) in [7, 11) is 0. The molecule has 0 aromatic heterocycles. The summed E-state index contributed by atoms with van der Waals surface area (Å²) in [5, 5.41) is 3.75.